The molecule has 5 nitrogen and oxygen atoms in total. The number of amides is 1. The van der Waals surface area contributed by atoms with Crippen LogP contribution >= 0.6 is 0 Å². The van der Waals surface area contributed by atoms with E-state index in [1.165, 1.54) is 24.3 Å². The quantitative estimate of drug-likeness (QED) is 0.860. The number of carbonyl (C=O) groups is 2. The molecular formula is C16H18F3NO4. The van der Waals surface area contributed by atoms with E-state index in [0.29, 0.717) is 12.8 Å². The number of rotatable bonds is 5. The molecule has 24 heavy (non-hydrogen) atoms. The Balaban J connectivity index is 2.05. The summed E-state index contributed by atoms with van der Waals surface area (Å²) in [5.41, 5.74) is 0.129. The van der Waals surface area contributed by atoms with E-state index in [1.54, 1.807) is 0 Å². The molecular weight excluding hydrogens is 327 g/mol. The van der Waals surface area contributed by atoms with Crippen LogP contribution < -0.4 is 10.1 Å². The maximum atomic E-state index is 13.1. The van der Waals surface area contributed by atoms with Crippen molar-refractivity contribution in [2.24, 2.45) is 5.92 Å². The molecule has 1 aliphatic carbocycles. The predicted octanol–water partition coefficient (Wildman–Crippen LogP) is 3.00. The summed E-state index contributed by atoms with van der Waals surface area (Å²) in [6, 6.07) is 4.75. The number of carboxylic acids is 1. The number of aliphatic carboxylic acids is 1. The van der Waals surface area contributed by atoms with Crippen molar-refractivity contribution < 1.29 is 32.6 Å². The third-order valence-corrected chi connectivity index (χ3v) is 3.96. The zero-order valence-corrected chi connectivity index (χ0v) is 12.8. The van der Waals surface area contributed by atoms with Crippen molar-refractivity contribution in [3.8, 4) is 5.75 Å². The van der Waals surface area contributed by atoms with Crippen molar-refractivity contribution in [2.45, 2.75) is 37.9 Å². The van der Waals surface area contributed by atoms with E-state index in [4.69, 9.17) is 9.84 Å². The Morgan fingerprint density at radius 3 is 2.62 bits per heavy atom. The van der Waals surface area contributed by atoms with Crippen LogP contribution in [0.5, 0.6) is 5.75 Å². The van der Waals surface area contributed by atoms with Gasteiger partial charge < -0.3 is 15.2 Å². The van der Waals surface area contributed by atoms with Crippen molar-refractivity contribution in [2.75, 3.05) is 6.61 Å². The van der Waals surface area contributed by atoms with Gasteiger partial charge in [-0.15, -0.1) is 0 Å². The summed E-state index contributed by atoms with van der Waals surface area (Å²) in [5.74, 6) is -3.17. The molecule has 0 radical (unpaired) electrons. The highest BCUT2D eigenvalue weighted by atomic mass is 19.4. The molecule has 1 aliphatic rings. The van der Waals surface area contributed by atoms with Gasteiger partial charge in [0.15, 0.2) is 6.61 Å². The zero-order chi connectivity index (χ0) is 17.7. The van der Waals surface area contributed by atoms with Crippen molar-refractivity contribution in [3.05, 3.63) is 29.8 Å². The number of nitrogens with one attached hydrogen (secondary N) is 1. The summed E-state index contributed by atoms with van der Waals surface area (Å²) < 4.78 is 44.1. The third-order valence-electron chi connectivity index (χ3n) is 3.96. The van der Waals surface area contributed by atoms with Gasteiger partial charge in [0.2, 0.25) is 0 Å². The second-order valence-corrected chi connectivity index (χ2v) is 5.72. The molecule has 0 unspecified atom stereocenters. The van der Waals surface area contributed by atoms with E-state index in [2.05, 4.69) is 5.32 Å². The Hall–Kier alpha value is -2.25. The van der Waals surface area contributed by atoms with E-state index in [0.717, 1.165) is 0 Å². The Morgan fingerprint density at radius 2 is 1.96 bits per heavy atom. The van der Waals surface area contributed by atoms with Crippen LogP contribution in [0.3, 0.4) is 0 Å². The molecule has 0 heterocycles. The summed E-state index contributed by atoms with van der Waals surface area (Å²) >= 11 is 0. The number of ether oxygens (including phenoxy) is 1. The first-order valence-corrected chi connectivity index (χ1v) is 7.59. The summed E-state index contributed by atoms with van der Waals surface area (Å²) in [6.45, 7) is -0.566. The molecule has 2 rings (SSSR count). The Bertz CT molecular complexity index is 603. The minimum absolute atomic E-state index is 0.0101. The van der Waals surface area contributed by atoms with Gasteiger partial charge in [-0.1, -0.05) is 18.9 Å². The van der Waals surface area contributed by atoms with Gasteiger partial charge in [0, 0.05) is 11.6 Å². The van der Waals surface area contributed by atoms with Gasteiger partial charge in [-0.05, 0) is 31.0 Å². The van der Waals surface area contributed by atoms with Crippen LogP contribution in [0.25, 0.3) is 0 Å². The fourth-order valence-electron chi connectivity index (χ4n) is 2.82. The van der Waals surface area contributed by atoms with Crippen LogP contribution in [-0.2, 0) is 4.79 Å². The minimum atomic E-state index is -4.34. The summed E-state index contributed by atoms with van der Waals surface area (Å²) in [7, 11) is 0. The van der Waals surface area contributed by atoms with E-state index >= 15 is 0 Å². The van der Waals surface area contributed by atoms with Crippen molar-refractivity contribution in [1.29, 1.82) is 0 Å². The lowest BCUT2D eigenvalue weighted by Gasteiger charge is -2.33. The van der Waals surface area contributed by atoms with E-state index in [1.807, 2.05) is 0 Å². The van der Waals surface area contributed by atoms with Gasteiger partial charge in [0.1, 0.15) is 5.75 Å². The second-order valence-electron chi connectivity index (χ2n) is 5.72. The summed E-state index contributed by atoms with van der Waals surface area (Å²) in [6.07, 6.45) is -2.92. The van der Waals surface area contributed by atoms with Crippen LogP contribution in [0.15, 0.2) is 24.3 Å². The zero-order valence-electron chi connectivity index (χ0n) is 12.8. The average molecular weight is 345 g/mol. The first-order valence-electron chi connectivity index (χ1n) is 7.59. The molecule has 2 atom stereocenters. The number of halogens is 3. The van der Waals surface area contributed by atoms with Crippen LogP contribution in [0, 0.1) is 5.92 Å². The smallest absolute Gasteiger partial charge is 0.393 e. The van der Waals surface area contributed by atoms with E-state index < -0.39 is 36.6 Å². The van der Waals surface area contributed by atoms with Crippen molar-refractivity contribution in [3.63, 3.8) is 0 Å². The van der Waals surface area contributed by atoms with Crippen LogP contribution in [0.1, 0.15) is 36.0 Å². The Labute approximate surface area is 136 Å². The first kappa shape index (κ1) is 18.1. The Morgan fingerprint density at radius 1 is 1.25 bits per heavy atom. The standard InChI is InChI=1S/C16H18F3NO4/c17-16(18,19)12-6-1-2-7-13(12)20-15(23)10-4-3-5-11(8-10)24-9-14(21)22/h3-5,8,12-13H,1-2,6-7,9H2,(H,20,23)(H,21,22)/t12-,13+/m0/s1. The van der Waals surface area contributed by atoms with Crippen LogP contribution in [0.2, 0.25) is 0 Å². The lowest BCUT2D eigenvalue weighted by Crippen LogP contribution is -2.47. The molecule has 1 aromatic carbocycles. The fraction of sp³-hybridized carbons (Fsp3) is 0.500. The fourth-order valence-corrected chi connectivity index (χ4v) is 2.82. The number of carbonyl (C=O) groups excluding carboxylic acids is 1. The lowest BCUT2D eigenvalue weighted by molar-refractivity contribution is -0.187. The largest absolute Gasteiger partial charge is 0.482 e. The molecule has 132 valence electrons. The van der Waals surface area contributed by atoms with Gasteiger partial charge in [-0.25, -0.2) is 4.79 Å². The van der Waals surface area contributed by atoms with E-state index in [9.17, 15) is 22.8 Å². The van der Waals surface area contributed by atoms with Gasteiger partial charge >= 0.3 is 12.1 Å². The molecule has 0 aromatic heterocycles. The SMILES string of the molecule is O=C(O)COc1cccc(C(=O)N[C@@H]2CCCC[C@@H]2C(F)(F)F)c1. The second kappa shape index (κ2) is 7.55. The molecule has 1 saturated carbocycles. The number of benzene rings is 1. The predicted molar refractivity (Wildman–Crippen MR) is 78.8 cm³/mol. The maximum Gasteiger partial charge on any atom is 0.393 e. The number of hydrogen-bond donors (Lipinski definition) is 2. The molecule has 8 heteroatoms. The number of hydrogen-bond acceptors (Lipinski definition) is 3. The Kier molecular flexibility index (Phi) is 5.69. The summed E-state index contributed by atoms with van der Waals surface area (Å²) in [5, 5.41) is 11.0. The van der Waals surface area contributed by atoms with Gasteiger partial charge in [0.05, 0.1) is 5.92 Å². The molecule has 1 fully saturated rings. The first-order chi connectivity index (χ1) is 11.3. The number of alkyl halides is 3. The number of carboxylic acid groups (broad SMARTS) is 1. The van der Waals surface area contributed by atoms with Crippen LogP contribution in [-0.4, -0.2) is 35.8 Å². The highest BCUT2D eigenvalue weighted by Gasteiger charge is 2.45. The molecule has 0 saturated heterocycles. The summed E-state index contributed by atoms with van der Waals surface area (Å²) in [4.78, 5) is 22.7. The van der Waals surface area contributed by atoms with Crippen LogP contribution in [0.4, 0.5) is 13.2 Å². The molecule has 1 amide bonds. The highest BCUT2D eigenvalue weighted by molar-refractivity contribution is 5.94. The molecule has 0 spiro atoms. The van der Waals surface area contributed by atoms with Gasteiger partial charge in [0.25, 0.3) is 5.91 Å². The lowest BCUT2D eigenvalue weighted by atomic mass is 9.84. The van der Waals surface area contributed by atoms with Crippen molar-refractivity contribution >= 4 is 11.9 Å². The average Bonchev–Trinajstić information content (AvgIpc) is 2.52. The van der Waals surface area contributed by atoms with Crippen molar-refractivity contribution in [1.82, 2.24) is 5.32 Å². The highest BCUT2D eigenvalue weighted by Crippen LogP contribution is 2.37. The van der Waals surface area contributed by atoms with Gasteiger partial charge in [-0.3, -0.25) is 4.79 Å². The molecule has 0 bridgehead atoms. The minimum Gasteiger partial charge on any atom is -0.482 e. The molecule has 1 aromatic rings. The molecule has 2 N–H and O–H groups in total. The topological polar surface area (TPSA) is 75.6 Å². The van der Waals surface area contributed by atoms with Gasteiger partial charge in [-0.2, -0.15) is 13.2 Å². The normalized spacial score (nSPS) is 21.1. The maximum absolute atomic E-state index is 13.1. The molecule has 0 aliphatic heterocycles. The van der Waals surface area contributed by atoms with E-state index in [-0.39, 0.29) is 24.2 Å². The monoisotopic (exact) mass is 345 g/mol. The third kappa shape index (κ3) is 4.87.